The van der Waals surface area contributed by atoms with E-state index in [0.29, 0.717) is 40.0 Å². The molecular formula is C18H13ClO5. The number of fused-ring (bicyclic) bond motifs is 2. The van der Waals surface area contributed by atoms with Crippen LogP contribution < -0.4 is 14.2 Å². The Kier molecular flexibility index (Phi) is 3.67. The second kappa shape index (κ2) is 5.85. The zero-order chi connectivity index (χ0) is 16.7. The second-order valence-electron chi connectivity index (χ2n) is 5.40. The molecule has 0 fully saturated rings. The van der Waals surface area contributed by atoms with Crippen LogP contribution in [0.1, 0.15) is 21.5 Å². The monoisotopic (exact) mass is 344 g/mol. The number of halogens is 1. The fraction of sp³-hybridized carbons (Fsp3) is 0.167. The van der Waals surface area contributed by atoms with Crippen LogP contribution in [0.3, 0.4) is 0 Å². The van der Waals surface area contributed by atoms with Crippen molar-refractivity contribution < 1.29 is 23.7 Å². The lowest BCUT2D eigenvalue weighted by Gasteiger charge is -2.20. The number of ether oxygens (including phenoxy) is 4. The van der Waals surface area contributed by atoms with Crippen molar-refractivity contribution in [2.24, 2.45) is 0 Å². The Morgan fingerprint density at radius 2 is 2.12 bits per heavy atom. The molecule has 0 spiro atoms. The maximum Gasteiger partial charge on any atom is 0.231 e. The fourth-order valence-electron chi connectivity index (χ4n) is 2.75. The van der Waals surface area contributed by atoms with Gasteiger partial charge in [0.05, 0.1) is 19.3 Å². The molecule has 0 aromatic heterocycles. The molecule has 0 bridgehead atoms. The van der Waals surface area contributed by atoms with Gasteiger partial charge in [0.15, 0.2) is 12.6 Å². The average Bonchev–Trinajstić information content (AvgIpc) is 2.90. The zero-order valence-corrected chi connectivity index (χ0v) is 13.6. The maximum absolute atomic E-state index is 12.5. The van der Waals surface area contributed by atoms with Crippen LogP contribution >= 0.6 is 11.6 Å². The quantitative estimate of drug-likeness (QED) is 0.775. The molecule has 2 heterocycles. The van der Waals surface area contributed by atoms with Crippen LogP contribution in [0.15, 0.2) is 36.1 Å². The van der Waals surface area contributed by atoms with Gasteiger partial charge in [-0.15, -0.1) is 0 Å². The molecule has 5 nitrogen and oxygen atoms in total. The molecule has 0 radical (unpaired) electrons. The third kappa shape index (κ3) is 2.52. The normalized spacial score (nSPS) is 17.1. The van der Waals surface area contributed by atoms with E-state index in [0.717, 1.165) is 5.56 Å². The minimum atomic E-state index is -0.187. The molecule has 0 saturated carbocycles. The highest BCUT2D eigenvalue weighted by Crippen LogP contribution is 2.37. The summed E-state index contributed by atoms with van der Waals surface area (Å²) in [6, 6.07) is 8.62. The van der Waals surface area contributed by atoms with Crippen LogP contribution in [-0.4, -0.2) is 19.7 Å². The van der Waals surface area contributed by atoms with Crippen molar-refractivity contribution >= 4 is 23.5 Å². The molecule has 0 N–H and O–H groups in total. The summed E-state index contributed by atoms with van der Waals surface area (Å²) in [5, 5.41) is 0.541. The SMILES string of the molecule is COc1ccc2c(c1)O/C(=C\c1cc(Cl)cc3c1OCOC3)C2=O. The lowest BCUT2D eigenvalue weighted by Crippen LogP contribution is -2.12. The van der Waals surface area contributed by atoms with Crippen molar-refractivity contribution in [2.45, 2.75) is 6.61 Å². The molecule has 2 aromatic carbocycles. The van der Waals surface area contributed by atoms with Crippen LogP contribution in [0.4, 0.5) is 0 Å². The van der Waals surface area contributed by atoms with Crippen LogP contribution in [0, 0.1) is 0 Å². The van der Waals surface area contributed by atoms with Crippen molar-refractivity contribution in [3.8, 4) is 17.2 Å². The number of Topliss-reactive ketones (excluding diaryl/α,β-unsaturated/α-hetero) is 1. The van der Waals surface area contributed by atoms with Crippen LogP contribution in [-0.2, 0) is 11.3 Å². The molecule has 2 aromatic rings. The smallest absolute Gasteiger partial charge is 0.231 e. The predicted octanol–water partition coefficient (Wildman–Crippen LogP) is 3.83. The van der Waals surface area contributed by atoms with Crippen molar-refractivity contribution in [1.29, 1.82) is 0 Å². The Hall–Kier alpha value is -2.50. The lowest BCUT2D eigenvalue weighted by atomic mass is 10.1. The predicted molar refractivity (Wildman–Crippen MR) is 87.7 cm³/mol. The summed E-state index contributed by atoms with van der Waals surface area (Å²) in [5.41, 5.74) is 2.02. The third-order valence-corrected chi connectivity index (χ3v) is 4.09. The summed E-state index contributed by atoms with van der Waals surface area (Å²) < 4.78 is 21.7. The van der Waals surface area contributed by atoms with E-state index >= 15 is 0 Å². The number of ketones is 1. The van der Waals surface area contributed by atoms with Crippen molar-refractivity contribution in [3.63, 3.8) is 0 Å². The number of allylic oxidation sites excluding steroid dienone is 1. The average molecular weight is 345 g/mol. The first kappa shape index (κ1) is 15.1. The molecule has 24 heavy (non-hydrogen) atoms. The van der Waals surface area contributed by atoms with Gasteiger partial charge in [-0.05, 0) is 30.3 Å². The molecule has 122 valence electrons. The van der Waals surface area contributed by atoms with E-state index in [4.69, 9.17) is 30.5 Å². The van der Waals surface area contributed by atoms with Crippen molar-refractivity contribution in [1.82, 2.24) is 0 Å². The minimum absolute atomic E-state index is 0.164. The molecule has 0 amide bonds. The van der Waals surface area contributed by atoms with E-state index in [9.17, 15) is 4.79 Å². The van der Waals surface area contributed by atoms with Gasteiger partial charge in [-0.25, -0.2) is 0 Å². The van der Waals surface area contributed by atoms with E-state index < -0.39 is 0 Å². The van der Waals surface area contributed by atoms with Gasteiger partial charge in [0.2, 0.25) is 5.78 Å². The van der Waals surface area contributed by atoms with Gasteiger partial charge in [0.25, 0.3) is 0 Å². The second-order valence-corrected chi connectivity index (χ2v) is 5.83. The molecule has 0 saturated heterocycles. The summed E-state index contributed by atoms with van der Waals surface area (Å²) >= 11 is 6.15. The Balaban J connectivity index is 1.75. The first-order valence-corrected chi connectivity index (χ1v) is 7.69. The number of carbonyl (C=O) groups excluding carboxylic acids is 1. The highest BCUT2D eigenvalue weighted by molar-refractivity contribution is 6.31. The number of hydrogen-bond donors (Lipinski definition) is 0. The maximum atomic E-state index is 12.5. The van der Waals surface area contributed by atoms with E-state index in [1.165, 1.54) is 0 Å². The number of hydrogen-bond acceptors (Lipinski definition) is 5. The topological polar surface area (TPSA) is 54.0 Å². The van der Waals surface area contributed by atoms with E-state index in [1.807, 2.05) is 0 Å². The Labute approximate surface area is 143 Å². The fourth-order valence-corrected chi connectivity index (χ4v) is 3.00. The third-order valence-electron chi connectivity index (χ3n) is 3.87. The largest absolute Gasteiger partial charge is 0.497 e. The summed E-state index contributed by atoms with van der Waals surface area (Å²) in [6.45, 7) is 0.579. The summed E-state index contributed by atoms with van der Waals surface area (Å²) in [6.07, 6.45) is 1.64. The van der Waals surface area contributed by atoms with Crippen molar-refractivity contribution in [3.05, 3.63) is 57.8 Å². The Morgan fingerprint density at radius 3 is 2.96 bits per heavy atom. The van der Waals surface area contributed by atoms with Crippen LogP contribution in [0.2, 0.25) is 5.02 Å². The van der Waals surface area contributed by atoms with Gasteiger partial charge in [-0.3, -0.25) is 4.79 Å². The van der Waals surface area contributed by atoms with E-state index in [1.54, 1.807) is 43.5 Å². The summed E-state index contributed by atoms with van der Waals surface area (Å²) in [4.78, 5) is 12.5. The molecule has 0 aliphatic carbocycles. The standard InChI is InChI=1S/C18H13ClO5/c1-21-13-2-3-14-15(7-13)24-16(17(14)20)6-10-4-12(19)5-11-8-22-9-23-18(10)11/h2-7H,8-9H2,1H3/b16-6-. The van der Waals surface area contributed by atoms with Gasteiger partial charge in [0.1, 0.15) is 17.2 Å². The number of benzene rings is 2. The van der Waals surface area contributed by atoms with Gasteiger partial charge in [-0.2, -0.15) is 0 Å². The van der Waals surface area contributed by atoms with Crippen LogP contribution in [0.25, 0.3) is 6.08 Å². The van der Waals surface area contributed by atoms with E-state index in [2.05, 4.69) is 0 Å². The van der Waals surface area contributed by atoms with Crippen molar-refractivity contribution in [2.75, 3.05) is 13.9 Å². The molecule has 0 atom stereocenters. The zero-order valence-electron chi connectivity index (χ0n) is 12.8. The highest BCUT2D eigenvalue weighted by Gasteiger charge is 2.28. The van der Waals surface area contributed by atoms with Gasteiger partial charge >= 0.3 is 0 Å². The van der Waals surface area contributed by atoms with Gasteiger partial charge in [0, 0.05) is 22.2 Å². The Bertz CT molecular complexity index is 872. The molecule has 4 rings (SSSR count). The summed E-state index contributed by atoms with van der Waals surface area (Å²) in [7, 11) is 1.56. The number of rotatable bonds is 2. The minimum Gasteiger partial charge on any atom is -0.497 e. The number of carbonyl (C=O) groups is 1. The van der Waals surface area contributed by atoms with E-state index in [-0.39, 0.29) is 18.3 Å². The lowest BCUT2D eigenvalue weighted by molar-refractivity contribution is -0.0165. The van der Waals surface area contributed by atoms with Gasteiger partial charge < -0.3 is 18.9 Å². The molecule has 2 aliphatic heterocycles. The Morgan fingerprint density at radius 1 is 1.25 bits per heavy atom. The van der Waals surface area contributed by atoms with Gasteiger partial charge in [-0.1, -0.05) is 11.6 Å². The molecule has 0 unspecified atom stereocenters. The molecular weight excluding hydrogens is 332 g/mol. The van der Waals surface area contributed by atoms with Crippen LogP contribution in [0.5, 0.6) is 17.2 Å². The first-order chi connectivity index (χ1) is 11.7. The first-order valence-electron chi connectivity index (χ1n) is 7.31. The number of methoxy groups -OCH3 is 1. The molecule has 2 aliphatic rings. The summed E-state index contributed by atoms with van der Waals surface area (Å²) in [5.74, 6) is 1.79. The highest BCUT2D eigenvalue weighted by atomic mass is 35.5. The molecule has 6 heteroatoms.